The lowest BCUT2D eigenvalue weighted by Crippen LogP contribution is -2.15. The van der Waals surface area contributed by atoms with Crippen molar-refractivity contribution in [2.75, 3.05) is 16.4 Å². The lowest BCUT2D eigenvalue weighted by atomic mass is 10.2. The van der Waals surface area contributed by atoms with E-state index in [1.807, 2.05) is 34.9 Å². The fraction of sp³-hybridized carbons (Fsp3) is 0.143. The maximum Gasteiger partial charge on any atom is 0.234 e. The summed E-state index contributed by atoms with van der Waals surface area (Å²) in [4.78, 5) is 23.5. The minimum Gasteiger partial charge on any atom is -0.326 e. The van der Waals surface area contributed by atoms with E-state index in [1.165, 1.54) is 18.7 Å². The number of hydrogen-bond donors (Lipinski definition) is 2. The molecule has 8 heteroatoms. The second kappa shape index (κ2) is 9.70. The first kappa shape index (κ1) is 20.3. The molecule has 2 aromatic carbocycles. The molecule has 0 saturated carbocycles. The van der Waals surface area contributed by atoms with Crippen molar-refractivity contribution in [1.29, 1.82) is 0 Å². The Bertz CT molecular complexity index is 1020. The first-order valence-electron chi connectivity index (χ1n) is 8.96. The Hall–Kier alpha value is -3.39. The highest BCUT2D eigenvalue weighted by Crippen LogP contribution is 2.24. The molecular weight excluding hydrogens is 386 g/mol. The molecule has 0 unspecified atom stereocenters. The van der Waals surface area contributed by atoms with Gasteiger partial charge < -0.3 is 10.6 Å². The van der Waals surface area contributed by atoms with Crippen LogP contribution >= 0.6 is 11.8 Å². The van der Waals surface area contributed by atoms with Gasteiger partial charge in [0.15, 0.2) is 11.0 Å². The van der Waals surface area contributed by atoms with Crippen molar-refractivity contribution in [3.8, 4) is 11.4 Å². The number of anilines is 2. The fourth-order valence-electron chi connectivity index (χ4n) is 2.70. The van der Waals surface area contributed by atoms with Crippen LogP contribution in [0.2, 0.25) is 0 Å². The number of amides is 2. The minimum absolute atomic E-state index is 0.167. The number of carbonyl (C=O) groups excluding carboxylic acids is 2. The van der Waals surface area contributed by atoms with Crippen LogP contribution in [-0.4, -0.2) is 32.3 Å². The van der Waals surface area contributed by atoms with Gasteiger partial charge in [0, 0.05) is 30.4 Å². The largest absolute Gasteiger partial charge is 0.326 e. The zero-order valence-electron chi connectivity index (χ0n) is 16.0. The summed E-state index contributed by atoms with van der Waals surface area (Å²) in [5.74, 6) is 0.564. The predicted octanol–water partition coefficient (Wildman–Crippen LogP) is 3.82. The van der Waals surface area contributed by atoms with Crippen LogP contribution in [0.3, 0.4) is 0 Å². The van der Waals surface area contributed by atoms with Gasteiger partial charge in [-0.25, -0.2) is 0 Å². The number of benzene rings is 2. The minimum atomic E-state index is -0.176. The van der Waals surface area contributed by atoms with E-state index in [1.54, 1.807) is 30.3 Å². The standard InChI is InChI=1S/C21H21N5O2S/c1-3-12-26-20(16-8-5-4-6-9-16)24-25-21(26)29-14-19(28)23-18-11-7-10-17(13-18)22-15(2)27/h3-11,13H,1,12,14H2,2H3,(H,22,27)(H,23,28). The van der Waals surface area contributed by atoms with Gasteiger partial charge in [0.05, 0.1) is 5.75 Å². The van der Waals surface area contributed by atoms with Gasteiger partial charge in [-0.1, -0.05) is 54.2 Å². The Balaban J connectivity index is 1.67. The van der Waals surface area contributed by atoms with E-state index in [2.05, 4.69) is 27.4 Å². The number of nitrogens with one attached hydrogen (secondary N) is 2. The second-order valence-corrected chi connectivity index (χ2v) is 7.11. The van der Waals surface area contributed by atoms with Gasteiger partial charge in [-0.2, -0.15) is 0 Å². The van der Waals surface area contributed by atoms with Crippen LogP contribution in [0, 0.1) is 0 Å². The van der Waals surface area contributed by atoms with E-state index in [4.69, 9.17) is 0 Å². The van der Waals surface area contributed by atoms with E-state index in [9.17, 15) is 9.59 Å². The number of thioether (sulfide) groups is 1. The number of aromatic nitrogens is 3. The van der Waals surface area contributed by atoms with Crippen LogP contribution in [0.5, 0.6) is 0 Å². The summed E-state index contributed by atoms with van der Waals surface area (Å²) in [6.07, 6.45) is 1.77. The molecular formula is C21H21N5O2S. The molecule has 0 fully saturated rings. The molecule has 0 aliphatic heterocycles. The fourth-order valence-corrected chi connectivity index (χ4v) is 3.44. The number of allylic oxidation sites excluding steroid dienone is 1. The van der Waals surface area contributed by atoms with Crippen LogP contribution in [0.1, 0.15) is 6.92 Å². The van der Waals surface area contributed by atoms with Crippen LogP contribution < -0.4 is 10.6 Å². The molecule has 148 valence electrons. The summed E-state index contributed by atoms with van der Waals surface area (Å²) in [6, 6.07) is 16.8. The molecule has 0 bridgehead atoms. The lowest BCUT2D eigenvalue weighted by molar-refractivity contribution is -0.114. The molecule has 1 heterocycles. The van der Waals surface area contributed by atoms with Gasteiger partial charge in [0.2, 0.25) is 11.8 Å². The summed E-state index contributed by atoms with van der Waals surface area (Å²) in [7, 11) is 0. The van der Waals surface area contributed by atoms with Crippen molar-refractivity contribution in [2.24, 2.45) is 0 Å². The summed E-state index contributed by atoms with van der Waals surface area (Å²) in [5, 5.41) is 14.7. The molecule has 0 atom stereocenters. The summed E-state index contributed by atoms with van der Waals surface area (Å²) in [6.45, 7) is 5.77. The molecule has 0 spiro atoms. The third-order valence-electron chi connectivity index (χ3n) is 3.86. The Morgan fingerprint density at radius 3 is 2.48 bits per heavy atom. The zero-order valence-corrected chi connectivity index (χ0v) is 16.8. The SMILES string of the molecule is C=CCn1c(SCC(=O)Nc2cccc(NC(C)=O)c2)nnc1-c1ccccc1. The number of hydrogen-bond acceptors (Lipinski definition) is 5. The Morgan fingerprint density at radius 2 is 1.79 bits per heavy atom. The predicted molar refractivity (Wildman–Crippen MR) is 116 cm³/mol. The smallest absolute Gasteiger partial charge is 0.234 e. The van der Waals surface area contributed by atoms with Crippen LogP contribution in [-0.2, 0) is 16.1 Å². The molecule has 3 aromatic rings. The molecule has 1 aromatic heterocycles. The quantitative estimate of drug-likeness (QED) is 0.438. The van der Waals surface area contributed by atoms with Gasteiger partial charge in [0.1, 0.15) is 0 Å². The van der Waals surface area contributed by atoms with Gasteiger partial charge in [0.25, 0.3) is 0 Å². The van der Waals surface area contributed by atoms with E-state index in [0.29, 0.717) is 23.1 Å². The topological polar surface area (TPSA) is 88.9 Å². The second-order valence-electron chi connectivity index (χ2n) is 6.17. The van der Waals surface area contributed by atoms with Crippen LogP contribution in [0.25, 0.3) is 11.4 Å². The Labute approximate surface area is 173 Å². The van der Waals surface area contributed by atoms with Crippen molar-refractivity contribution >= 4 is 35.0 Å². The number of nitrogens with zero attached hydrogens (tertiary/aromatic N) is 3. The zero-order chi connectivity index (χ0) is 20.6. The normalized spacial score (nSPS) is 10.4. The Kier molecular flexibility index (Phi) is 6.80. The van der Waals surface area contributed by atoms with Crippen LogP contribution in [0.15, 0.2) is 72.4 Å². The summed E-state index contributed by atoms with van der Waals surface area (Å²) >= 11 is 1.30. The van der Waals surface area contributed by atoms with Gasteiger partial charge in [-0.3, -0.25) is 14.2 Å². The molecule has 7 nitrogen and oxygen atoms in total. The van der Waals surface area contributed by atoms with E-state index in [-0.39, 0.29) is 17.6 Å². The summed E-state index contributed by atoms with van der Waals surface area (Å²) < 4.78 is 1.93. The molecule has 3 rings (SSSR count). The van der Waals surface area contributed by atoms with Gasteiger partial charge >= 0.3 is 0 Å². The highest BCUT2D eigenvalue weighted by molar-refractivity contribution is 7.99. The first-order chi connectivity index (χ1) is 14.1. The maximum absolute atomic E-state index is 12.4. The first-order valence-corrected chi connectivity index (χ1v) is 9.95. The molecule has 0 saturated heterocycles. The van der Waals surface area contributed by atoms with Crippen molar-refractivity contribution < 1.29 is 9.59 Å². The number of carbonyl (C=O) groups is 2. The van der Waals surface area contributed by atoms with E-state index in [0.717, 1.165) is 11.4 Å². The van der Waals surface area contributed by atoms with Crippen LogP contribution in [0.4, 0.5) is 11.4 Å². The number of rotatable bonds is 8. The van der Waals surface area contributed by atoms with E-state index < -0.39 is 0 Å². The molecule has 0 aliphatic carbocycles. The average molecular weight is 407 g/mol. The van der Waals surface area contributed by atoms with E-state index >= 15 is 0 Å². The van der Waals surface area contributed by atoms with Gasteiger partial charge in [-0.05, 0) is 18.2 Å². The Morgan fingerprint density at radius 1 is 1.07 bits per heavy atom. The monoisotopic (exact) mass is 407 g/mol. The third-order valence-corrected chi connectivity index (χ3v) is 4.83. The third kappa shape index (κ3) is 5.55. The average Bonchev–Trinajstić information content (AvgIpc) is 3.10. The molecule has 0 aliphatic rings. The molecule has 2 amide bonds. The van der Waals surface area contributed by atoms with Crippen molar-refractivity contribution in [3.63, 3.8) is 0 Å². The maximum atomic E-state index is 12.4. The van der Waals surface area contributed by atoms with Crippen molar-refractivity contribution in [1.82, 2.24) is 14.8 Å². The molecule has 2 N–H and O–H groups in total. The lowest BCUT2D eigenvalue weighted by Gasteiger charge is -2.09. The summed E-state index contributed by atoms with van der Waals surface area (Å²) in [5.41, 5.74) is 2.19. The van der Waals surface area contributed by atoms with Crippen molar-refractivity contribution in [3.05, 3.63) is 67.3 Å². The molecule has 0 radical (unpaired) electrons. The highest BCUT2D eigenvalue weighted by Gasteiger charge is 2.15. The highest BCUT2D eigenvalue weighted by atomic mass is 32.2. The van der Waals surface area contributed by atoms with Gasteiger partial charge in [-0.15, -0.1) is 16.8 Å². The molecule has 29 heavy (non-hydrogen) atoms. The van der Waals surface area contributed by atoms with Crippen molar-refractivity contribution in [2.45, 2.75) is 18.6 Å².